The fourth-order valence-electron chi connectivity index (χ4n) is 2.34. The molecule has 0 saturated carbocycles. The molecule has 0 spiro atoms. The maximum absolute atomic E-state index is 12.5. The van der Waals surface area contributed by atoms with E-state index in [1.165, 1.54) is 6.07 Å². The molecule has 0 aliphatic heterocycles. The van der Waals surface area contributed by atoms with Crippen molar-refractivity contribution in [1.82, 2.24) is 4.90 Å². The molecule has 0 fully saturated rings. The van der Waals surface area contributed by atoms with Crippen molar-refractivity contribution in [3.05, 3.63) is 47.5 Å². The Hall–Kier alpha value is -2.36. The Balaban J connectivity index is 2.64. The molecule has 4 nitrogen and oxygen atoms in total. The van der Waals surface area contributed by atoms with Crippen LogP contribution >= 0.6 is 0 Å². The van der Waals surface area contributed by atoms with Crippen molar-refractivity contribution in [2.24, 2.45) is 0 Å². The zero-order valence-electron chi connectivity index (χ0n) is 11.6. The topological polar surface area (TPSA) is 57.6 Å². The molecule has 4 heteroatoms. The van der Waals surface area contributed by atoms with Gasteiger partial charge in [0, 0.05) is 24.5 Å². The van der Waals surface area contributed by atoms with E-state index in [9.17, 15) is 14.7 Å². The van der Waals surface area contributed by atoms with E-state index in [1.54, 1.807) is 30.1 Å². The fraction of sp³-hybridized carbons (Fsp3) is 0.250. The van der Waals surface area contributed by atoms with Crippen LogP contribution in [0.4, 0.5) is 0 Å². The van der Waals surface area contributed by atoms with Crippen molar-refractivity contribution >= 4 is 22.6 Å². The summed E-state index contributed by atoms with van der Waals surface area (Å²) in [5.74, 6) is -1.17. The van der Waals surface area contributed by atoms with Crippen LogP contribution in [0.15, 0.2) is 36.4 Å². The number of aromatic carboxylic acids is 1. The van der Waals surface area contributed by atoms with E-state index in [0.717, 1.165) is 11.8 Å². The standard InChI is InChI=1S/C16H17NO3/c1-3-10-17(2)15(18)12-8-4-6-11-7-5-9-13(14(11)12)16(19)20/h4-9H,3,10H2,1-2H3,(H,19,20). The number of benzene rings is 2. The van der Waals surface area contributed by atoms with Gasteiger partial charge in [0.15, 0.2) is 0 Å². The Morgan fingerprint density at radius 1 is 1.10 bits per heavy atom. The van der Waals surface area contributed by atoms with Gasteiger partial charge in [-0.15, -0.1) is 0 Å². The van der Waals surface area contributed by atoms with Crippen molar-refractivity contribution in [3.8, 4) is 0 Å². The average molecular weight is 271 g/mol. The molecule has 0 aliphatic rings. The van der Waals surface area contributed by atoms with Gasteiger partial charge in [0.1, 0.15) is 0 Å². The largest absolute Gasteiger partial charge is 0.478 e. The molecule has 0 atom stereocenters. The number of rotatable bonds is 4. The highest BCUT2D eigenvalue weighted by atomic mass is 16.4. The number of carbonyl (C=O) groups is 2. The van der Waals surface area contributed by atoms with Gasteiger partial charge < -0.3 is 10.0 Å². The summed E-state index contributed by atoms with van der Waals surface area (Å²) in [5.41, 5.74) is 0.604. The van der Waals surface area contributed by atoms with Crippen LogP contribution in [0.1, 0.15) is 34.1 Å². The number of amides is 1. The number of fused-ring (bicyclic) bond motifs is 1. The van der Waals surface area contributed by atoms with Crippen LogP contribution in [0.3, 0.4) is 0 Å². The van der Waals surface area contributed by atoms with Gasteiger partial charge in [0.05, 0.1) is 5.56 Å². The zero-order valence-corrected chi connectivity index (χ0v) is 11.6. The first-order valence-electron chi connectivity index (χ1n) is 6.56. The van der Waals surface area contributed by atoms with Crippen molar-refractivity contribution in [2.75, 3.05) is 13.6 Å². The summed E-state index contributed by atoms with van der Waals surface area (Å²) in [5, 5.41) is 10.6. The van der Waals surface area contributed by atoms with Gasteiger partial charge in [-0.05, 0) is 23.9 Å². The molecule has 0 heterocycles. The first kappa shape index (κ1) is 14.1. The highest BCUT2D eigenvalue weighted by Gasteiger charge is 2.18. The molecule has 2 aromatic rings. The molecule has 2 rings (SSSR count). The SMILES string of the molecule is CCCN(C)C(=O)c1cccc2cccc(C(=O)O)c12. The van der Waals surface area contributed by atoms with Crippen LogP contribution in [0, 0.1) is 0 Å². The molecule has 2 aromatic carbocycles. The van der Waals surface area contributed by atoms with E-state index >= 15 is 0 Å². The lowest BCUT2D eigenvalue weighted by Crippen LogP contribution is -2.27. The molecule has 0 bridgehead atoms. The highest BCUT2D eigenvalue weighted by molar-refractivity contribution is 6.14. The summed E-state index contributed by atoms with van der Waals surface area (Å²) < 4.78 is 0. The predicted molar refractivity (Wildman–Crippen MR) is 78.2 cm³/mol. The second kappa shape index (κ2) is 5.74. The Labute approximate surface area is 117 Å². The molecule has 0 radical (unpaired) electrons. The molecule has 0 unspecified atom stereocenters. The quantitative estimate of drug-likeness (QED) is 0.930. The summed E-state index contributed by atoms with van der Waals surface area (Å²) in [7, 11) is 1.73. The van der Waals surface area contributed by atoms with E-state index in [4.69, 9.17) is 0 Å². The third kappa shape index (κ3) is 2.50. The minimum atomic E-state index is -1.02. The first-order valence-corrected chi connectivity index (χ1v) is 6.56. The Morgan fingerprint density at radius 2 is 1.70 bits per heavy atom. The monoisotopic (exact) mass is 271 g/mol. The molecular weight excluding hydrogens is 254 g/mol. The van der Waals surface area contributed by atoms with Crippen LogP contribution < -0.4 is 0 Å². The van der Waals surface area contributed by atoms with Gasteiger partial charge in [-0.2, -0.15) is 0 Å². The van der Waals surface area contributed by atoms with Gasteiger partial charge in [0.25, 0.3) is 5.91 Å². The Kier molecular flexibility index (Phi) is 4.03. The maximum Gasteiger partial charge on any atom is 0.336 e. The lowest BCUT2D eigenvalue weighted by atomic mass is 9.98. The van der Waals surface area contributed by atoms with E-state index in [-0.39, 0.29) is 11.5 Å². The van der Waals surface area contributed by atoms with Crippen LogP contribution in [-0.4, -0.2) is 35.5 Å². The van der Waals surface area contributed by atoms with Gasteiger partial charge in [-0.1, -0.05) is 31.2 Å². The second-order valence-electron chi connectivity index (χ2n) is 4.74. The van der Waals surface area contributed by atoms with Gasteiger partial charge in [-0.25, -0.2) is 4.79 Å². The highest BCUT2D eigenvalue weighted by Crippen LogP contribution is 2.24. The molecule has 0 aliphatic carbocycles. The molecule has 1 N–H and O–H groups in total. The predicted octanol–water partition coefficient (Wildman–Crippen LogP) is 3.02. The van der Waals surface area contributed by atoms with Gasteiger partial charge in [-0.3, -0.25) is 4.79 Å². The lowest BCUT2D eigenvalue weighted by Gasteiger charge is -2.18. The summed E-state index contributed by atoms with van der Waals surface area (Å²) in [6.07, 6.45) is 0.860. The summed E-state index contributed by atoms with van der Waals surface area (Å²) >= 11 is 0. The molecular formula is C16H17NO3. The van der Waals surface area contributed by atoms with Crippen LogP contribution in [0.25, 0.3) is 10.8 Å². The van der Waals surface area contributed by atoms with Gasteiger partial charge >= 0.3 is 5.97 Å². The van der Waals surface area contributed by atoms with E-state index in [2.05, 4.69) is 0 Å². The van der Waals surface area contributed by atoms with E-state index in [0.29, 0.717) is 17.5 Å². The molecule has 1 amide bonds. The number of hydrogen-bond donors (Lipinski definition) is 1. The van der Waals surface area contributed by atoms with E-state index < -0.39 is 5.97 Å². The average Bonchev–Trinajstić information content (AvgIpc) is 2.45. The Morgan fingerprint density at radius 3 is 2.25 bits per heavy atom. The van der Waals surface area contributed by atoms with Crippen LogP contribution in [0.2, 0.25) is 0 Å². The molecule has 104 valence electrons. The number of hydrogen-bond acceptors (Lipinski definition) is 2. The summed E-state index contributed by atoms with van der Waals surface area (Å²) in [6, 6.07) is 10.3. The Bertz CT molecular complexity index is 659. The van der Waals surface area contributed by atoms with Crippen molar-refractivity contribution in [2.45, 2.75) is 13.3 Å². The van der Waals surface area contributed by atoms with Crippen molar-refractivity contribution in [3.63, 3.8) is 0 Å². The third-order valence-corrected chi connectivity index (χ3v) is 3.27. The summed E-state index contributed by atoms with van der Waals surface area (Å²) in [6.45, 7) is 2.64. The van der Waals surface area contributed by atoms with Crippen LogP contribution in [0.5, 0.6) is 0 Å². The van der Waals surface area contributed by atoms with Crippen molar-refractivity contribution < 1.29 is 14.7 Å². The number of nitrogens with zero attached hydrogens (tertiary/aromatic N) is 1. The maximum atomic E-state index is 12.5. The minimum absolute atomic E-state index is 0.147. The lowest BCUT2D eigenvalue weighted by molar-refractivity contribution is 0.0699. The third-order valence-electron chi connectivity index (χ3n) is 3.27. The number of carboxylic acid groups (broad SMARTS) is 1. The zero-order chi connectivity index (χ0) is 14.7. The second-order valence-corrected chi connectivity index (χ2v) is 4.74. The number of carboxylic acids is 1. The fourth-order valence-corrected chi connectivity index (χ4v) is 2.34. The molecule has 20 heavy (non-hydrogen) atoms. The molecule has 0 aromatic heterocycles. The number of carbonyl (C=O) groups excluding carboxylic acids is 1. The summed E-state index contributed by atoms with van der Waals surface area (Å²) in [4.78, 5) is 25.4. The molecule has 0 saturated heterocycles. The first-order chi connectivity index (χ1) is 9.56. The normalized spacial score (nSPS) is 10.5. The van der Waals surface area contributed by atoms with Crippen LogP contribution in [-0.2, 0) is 0 Å². The van der Waals surface area contributed by atoms with Gasteiger partial charge in [0.2, 0.25) is 0 Å². The smallest absolute Gasteiger partial charge is 0.336 e. The van der Waals surface area contributed by atoms with E-state index in [1.807, 2.05) is 19.1 Å². The van der Waals surface area contributed by atoms with Crippen molar-refractivity contribution in [1.29, 1.82) is 0 Å². The minimum Gasteiger partial charge on any atom is -0.478 e.